The Morgan fingerprint density at radius 1 is 1.08 bits per heavy atom. The molecule has 1 amide bonds. The summed E-state index contributed by atoms with van der Waals surface area (Å²) in [5, 5.41) is 14.5. The van der Waals surface area contributed by atoms with Crippen LogP contribution in [0.5, 0.6) is 0 Å². The first-order chi connectivity index (χ1) is 12.3. The van der Waals surface area contributed by atoms with Crippen molar-refractivity contribution in [3.63, 3.8) is 0 Å². The van der Waals surface area contributed by atoms with Crippen LogP contribution in [0.15, 0.2) is 48.5 Å². The third kappa shape index (κ3) is 3.42. The summed E-state index contributed by atoms with van der Waals surface area (Å²) in [5.74, 6) is 1.13. The molecule has 1 aromatic heterocycles. The lowest BCUT2D eigenvalue weighted by Crippen LogP contribution is -2.29. The molecule has 5 heteroatoms. The van der Waals surface area contributed by atoms with E-state index >= 15 is 0 Å². The number of H-pyrrole nitrogens is 1. The lowest BCUT2D eigenvalue weighted by molar-refractivity contribution is 0.102. The van der Waals surface area contributed by atoms with E-state index in [4.69, 9.17) is 0 Å². The molecule has 2 aromatic carbocycles. The third-order valence-corrected chi connectivity index (χ3v) is 4.93. The Morgan fingerprint density at radius 2 is 1.84 bits per heavy atom. The lowest BCUT2D eigenvalue weighted by Gasteiger charge is -2.23. The van der Waals surface area contributed by atoms with Gasteiger partial charge in [0.1, 0.15) is 0 Å². The summed E-state index contributed by atoms with van der Waals surface area (Å²) < 4.78 is 0. The van der Waals surface area contributed by atoms with Gasteiger partial charge in [0.25, 0.3) is 5.91 Å². The van der Waals surface area contributed by atoms with Crippen molar-refractivity contribution >= 4 is 22.6 Å². The monoisotopic (exact) mass is 334 g/mol. The van der Waals surface area contributed by atoms with E-state index in [1.54, 1.807) is 0 Å². The molecule has 3 N–H and O–H groups in total. The average molecular weight is 334 g/mol. The van der Waals surface area contributed by atoms with Crippen molar-refractivity contribution in [2.45, 2.75) is 19.3 Å². The Hall–Kier alpha value is -2.66. The van der Waals surface area contributed by atoms with E-state index < -0.39 is 0 Å². The van der Waals surface area contributed by atoms with Gasteiger partial charge in [-0.3, -0.25) is 9.89 Å². The zero-order valence-corrected chi connectivity index (χ0v) is 14.1. The predicted octanol–water partition coefficient (Wildman–Crippen LogP) is 3.36. The molecular weight excluding hydrogens is 312 g/mol. The number of benzene rings is 2. The SMILES string of the molecule is O=C(Nc1n[nH]c2ccccc12)c1ccccc1CC1CCNCC1. The van der Waals surface area contributed by atoms with Gasteiger partial charge in [-0.1, -0.05) is 30.3 Å². The zero-order valence-electron chi connectivity index (χ0n) is 14.1. The summed E-state index contributed by atoms with van der Waals surface area (Å²) in [4.78, 5) is 12.8. The number of nitrogens with zero attached hydrogens (tertiary/aromatic N) is 1. The van der Waals surface area contributed by atoms with E-state index in [-0.39, 0.29) is 5.91 Å². The molecule has 4 rings (SSSR count). The number of anilines is 1. The van der Waals surface area contributed by atoms with Crippen molar-refractivity contribution in [1.29, 1.82) is 0 Å². The maximum absolute atomic E-state index is 12.8. The topological polar surface area (TPSA) is 69.8 Å². The molecule has 25 heavy (non-hydrogen) atoms. The third-order valence-electron chi connectivity index (χ3n) is 4.93. The molecule has 5 nitrogen and oxygen atoms in total. The Morgan fingerprint density at radius 3 is 2.72 bits per heavy atom. The molecule has 0 bridgehead atoms. The molecule has 0 saturated carbocycles. The average Bonchev–Trinajstić information content (AvgIpc) is 3.06. The largest absolute Gasteiger partial charge is 0.317 e. The summed E-state index contributed by atoms with van der Waals surface area (Å²) in [7, 11) is 0. The molecule has 1 fully saturated rings. The molecule has 3 aromatic rings. The van der Waals surface area contributed by atoms with Crippen LogP contribution in [-0.4, -0.2) is 29.2 Å². The number of amides is 1. The highest BCUT2D eigenvalue weighted by Gasteiger charge is 2.18. The number of aromatic nitrogens is 2. The van der Waals surface area contributed by atoms with Gasteiger partial charge in [0.15, 0.2) is 5.82 Å². The molecule has 1 aliphatic heterocycles. The van der Waals surface area contributed by atoms with Crippen molar-refractivity contribution < 1.29 is 4.79 Å². The van der Waals surface area contributed by atoms with E-state index in [0.29, 0.717) is 11.7 Å². The van der Waals surface area contributed by atoms with E-state index in [0.717, 1.165) is 41.5 Å². The van der Waals surface area contributed by atoms with Crippen molar-refractivity contribution in [3.8, 4) is 0 Å². The summed E-state index contributed by atoms with van der Waals surface area (Å²) in [6.07, 6.45) is 3.28. The van der Waals surface area contributed by atoms with Crippen LogP contribution in [0.25, 0.3) is 10.9 Å². The fraction of sp³-hybridized carbons (Fsp3) is 0.300. The molecule has 0 unspecified atom stereocenters. The van der Waals surface area contributed by atoms with E-state index in [1.165, 1.54) is 12.8 Å². The van der Waals surface area contributed by atoms with Crippen molar-refractivity contribution in [2.24, 2.45) is 5.92 Å². The summed E-state index contributed by atoms with van der Waals surface area (Å²) in [6, 6.07) is 15.7. The molecule has 1 saturated heterocycles. The van der Waals surface area contributed by atoms with Crippen LogP contribution in [0, 0.1) is 5.92 Å². The zero-order chi connectivity index (χ0) is 17.1. The van der Waals surface area contributed by atoms with Crippen molar-refractivity contribution in [2.75, 3.05) is 18.4 Å². The first kappa shape index (κ1) is 15.8. The number of carbonyl (C=O) groups is 1. The molecular formula is C20H22N4O. The lowest BCUT2D eigenvalue weighted by atomic mass is 9.89. The molecule has 0 spiro atoms. The Bertz CT molecular complexity index is 880. The van der Waals surface area contributed by atoms with Gasteiger partial charge in [-0.15, -0.1) is 0 Å². The number of piperidine rings is 1. The van der Waals surface area contributed by atoms with Crippen LogP contribution >= 0.6 is 0 Å². The van der Waals surface area contributed by atoms with Crippen molar-refractivity contribution in [3.05, 3.63) is 59.7 Å². The fourth-order valence-electron chi connectivity index (χ4n) is 3.55. The van der Waals surface area contributed by atoms with Crippen LogP contribution < -0.4 is 10.6 Å². The van der Waals surface area contributed by atoms with Crippen LogP contribution in [-0.2, 0) is 6.42 Å². The van der Waals surface area contributed by atoms with Gasteiger partial charge in [0.2, 0.25) is 0 Å². The highest BCUT2D eigenvalue weighted by molar-refractivity contribution is 6.08. The molecule has 1 aliphatic rings. The second kappa shape index (κ2) is 7.07. The standard InChI is InChI=1S/C20H22N4O/c25-20(22-19-17-7-3-4-8-18(17)23-24-19)16-6-2-1-5-15(16)13-14-9-11-21-12-10-14/h1-8,14,21H,9-13H2,(H2,22,23,24,25). The fourth-order valence-corrected chi connectivity index (χ4v) is 3.55. The van der Waals surface area contributed by atoms with E-state index in [1.807, 2.05) is 42.5 Å². The first-order valence-corrected chi connectivity index (χ1v) is 8.84. The van der Waals surface area contributed by atoms with Crippen LogP contribution in [0.3, 0.4) is 0 Å². The quantitative estimate of drug-likeness (QED) is 0.685. The van der Waals surface area contributed by atoms with Gasteiger partial charge in [0.05, 0.1) is 5.52 Å². The Kier molecular flexibility index (Phi) is 4.48. The second-order valence-electron chi connectivity index (χ2n) is 6.63. The number of carbonyl (C=O) groups excluding carboxylic acids is 1. The second-order valence-corrected chi connectivity index (χ2v) is 6.63. The van der Waals surface area contributed by atoms with Crippen LogP contribution in [0.4, 0.5) is 5.82 Å². The van der Waals surface area contributed by atoms with Gasteiger partial charge < -0.3 is 10.6 Å². The minimum atomic E-state index is -0.0956. The maximum Gasteiger partial charge on any atom is 0.257 e. The van der Waals surface area contributed by atoms with E-state index in [2.05, 4.69) is 26.9 Å². The number of rotatable bonds is 4. The summed E-state index contributed by atoms with van der Waals surface area (Å²) in [6.45, 7) is 2.14. The molecule has 0 atom stereocenters. The molecule has 0 radical (unpaired) electrons. The maximum atomic E-state index is 12.8. The normalized spacial score (nSPS) is 15.4. The van der Waals surface area contributed by atoms with Gasteiger partial charge >= 0.3 is 0 Å². The first-order valence-electron chi connectivity index (χ1n) is 8.84. The van der Waals surface area contributed by atoms with Crippen LogP contribution in [0.2, 0.25) is 0 Å². The Labute approximate surface area is 146 Å². The van der Waals surface area contributed by atoms with E-state index in [9.17, 15) is 4.79 Å². The minimum absolute atomic E-state index is 0.0956. The number of fused-ring (bicyclic) bond motifs is 1. The van der Waals surface area contributed by atoms with Gasteiger partial charge in [-0.2, -0.15) is 5.10 Å². The number of aromatic amines is 1. The molecule has 0 aliphatic carbocycles. The summed E-state index contributed by atoms with van der Waals surface area (Å²) in [5.41, 5.74) is 2.78. The predicted molar refractivity (Wildman–Crippen MR) is 99.8 cm³/mol. The Balaban J connectivity index is 1.55. The molecule has 128 valence electrons. The smallest absolute Gasteiger partial charge is 0.257 e. The minimum Gasteiger partial charge on any atom is -0.317 e. The van der Waals surface area contributed by atoms with Gasteiger partial charge in [-0.25, -0.2) is 0 Å². The summed E-state index contributed by atoms with van der Waals surface area (Å²) >= 11 is 0. The number of nitrogens with one attached hydrogen (secondary N) is 3. The van der Waals surface area contributed by atoms with Gasteiger partial charge in [-0.05, 0) is 62.0 Å². The van der Waals surface area contributed by atoms with Crippen LogP contribution in [0.1, 0.15) is 28.8 Å². The van der Waals surface area contributed by atoms with Gasteiger partial charge in [0, 0.05) is 10.9 Å². The molecule has 2 heterocycles. The number of para-hydroxylation sites is 1. The highest BCUT2D eigenvalue weighted by atomic mass is 16.1. The highest BCUT2D eigenvalue weighted by Crippen LogP contribution is 2.23. The van der Waals surface area contributed by atoms with Crippen molar-refractivity contribution in [1.82, 2.24) is 15.5 Å². The number of hydrogen-bond donors (Lipinski definition) is 3. The number of hydrogen-bond acceptors (Lipinski definition) is 3.